The van der Waals surface area contributed by atoms with Crippen LogP contribution in [0.3, 0.4) is 0 Å². The molecule has 0 bridgehead atoms. The number of ether oxygens (including phenoxy) is 2. The van der Waals surface area contributed by atoms with Crippen molar-refractivity contribution in [1.82, 2.24) is 5.32 Å². The summed E-state index contributed by atoms with van der Waals surface area (Å²) in [6.07, 6.45) is -0.468. The van der Waals surface area contributed by atoms with E-state index in [9.17, 15) is 14.4 Å². The summed E-state index contributed by atoms with van der Waals surface area (Å²) in [6, 6.07) is 17.9. The van der Waals surface area contributed by atoms with E-state index in [1.54, 1.807) is 20.8 Å². The molecule has 6 nitrogen and oxygen atoms in total. The first-order chi connectivity index (χ1) is 14.7. The minimum atomic E-state index is -0.972. The van der Waals surface area contributed by atoms with Gasteiger partial charge >= 0.3 is 12.1 Å². The SMILES string of the molecule is CC(C)(C)OC(=O)NC(CCC(=O)SCc1ccccc1)C(=O)OCc1ccccc1. The largest absolute Gasteiger partial charge is 0.459 e. The van der Waals surface area contributed by atoms with Gasteiger partial charge in [-0.05, 0) is 38.3 Å². The number of rotatable bonds is 9. The highest BCUT2D eigenvalue weighted by Crippen LogP contribution is 2.17. The van der Waals surface area contributed by atoms with Crippen LogP contribution in [0.5, 0.6) is 0 Å². The summed E-state index contributed by atoms with van der Waals surface area (Å²) in [4.78, 5) is 37.1. The maximum absolute atomic E-state index is 12.6. The van der Waals surface area contributed by atoms with E-state index >= 15 is 0 Å². The molecular weight excluding hydrogens is 414 g/mol. The Labute approximate surface area is 187 Å². The van der Waals surface area contributed by atoms with E-state index in [4.69, 9.17) is 9.47 Å². The van der Waals surface area contributed by atoms with E-state index in [-0.39, 0.29) is 24.6 Å². The van der Waals surface area contributed by atoms with Crippen LogP contribution in [-0.4, -0.2) is 28.8 Å². The van der Waals surface area contributed by atoms with Crippen LogP contribution in [0.1, 0.15) is 44.7 Å². The van der Waals surface area contributed by atoms with Crippen molar-refractivity contribution in [3.05, 3.63) is 71.8 Å². The first-order valence-electron chi connectivity index (χ1n) is 10.1. The summed E-state index contributed by atoms with van der Waals surface area (Å²) in [5, 5.41) is 2.48. The van der Waals surface area contributed by atoms with Crippen molar-refractivity contribution in [2.75, 3.05) is 0 Å². The average molecular weight is 444 g/mol. The lowest BCUT2D eigenvalue weighted by Crippen LogP contribution is -2.44. The zero-order chi connectivity index (χ0) is 22.7. The fourth-order valence-electron chi connectivity index (χ4n) is 2.60. The molecule has 1 atom stereocenters. The van der Waals surface area contributed by atoms with Gasteiger partial charge in [0, 0.05) is 12.2 Å². The van der Waals surface area contributed by atoms with Crippen LogP contribution in [-0.2, 0) is 31.4 Å². The molecule has 1 unspecified atom stereocenters. The lowest BCUT2D eigenvalue weighted by molar-refractivity contribution is -0.147. The van der Waals surface area contributed by atoms with E-state index in [1.165, 1.54) is 11.8 Å². The van der Waals surface area contributed by atoms with Crippen LogP contribution in [0, 0.1) is 0 Å². The van der Waals surface area contributed by atoms with Gasteiger partial charge in [0.1, 0.15) is 18.2 Å². The molecule has 7 heteroatoms. The van der Waals surface area contributed by atoms with E-state index in [1.807, 2.05) is 60.7 Å². The predicted octanol–water partition coefficient (Wildman–Crippen LogP) is 4.86. The van der Waals surface area contributed by atoms with Crippen LogP contribution in [0.25, 0.3) is 0 Å². The lowest BCUT2D eigenvalue weighted by atomic mass is 10.1. The number of nitrogens with one attached hydrogen (secondary N) is 1. The number of alkyl carbamates (subject to hydrolysis) is 1. The van der Waals surface area contributed by atoms with Gasteiger partial charge in [-0.25, -0.2) is 9.59 Å². The third kappa shape index (κ3) is 10.2. The van der Waals surface area contributed by atoms with Crippen LogP contribution in [0.4, 0.5) is 4.79 Å². The van der Waals surface area contributed by atoms with Gasteiger partial charge in [-0.15, -0.1) is 0 Å². The average Bonchev–Trinajstić information content (AvgIpc) is 2.73. The smallest absolute Gasteiger partial charge is 0.408 e. The van der Waals surface area contributed by atoms with Crippen molar-refractivity contribution in [3.8, 4) is 0 Å². The molecule has 0 aliphatic carbocycles. The number of esters is 1. The molecule has 0 saturated heterocycles. The van der Waals surface area contributed by atoms with Crippen molar-refractivity contribution in [3.63, 3.8) is 0 Å². The maximum Gasteiger partial charge on any atom is 0.408 e. The van der Waals surface area contributed by atoms with Gasteiger partial charge in [-0.2, -0.15) is 0 Å². The molecule has 2 rings (SSSR count). The van der Waals surface area contributed by atoms with Crippen molar-refractivity contribution in [2.24, 2.45) is 0 Å². The minimum absolute atomic E-state index is 0.0595. The minimum Gasteiger partial charge on any atom is -0.459 e. The Hall–Kier alpha value is -2.80. The van der Waals surface area contributed by atoms with Gasteiger partial charge in [-0.1, -0.05) is 72.4 Å². The molecule has 1 N–H and O–H groups in total. The normalized spacial score (nSPS) is 12.0. The van der Waals surface area contributed by atoms with Crippen LogP contribution in [0.15, 0.2) is 60.7 Å². The molecule has 0 heterocycles. The standard InChI is InChI=1S/C24H29NO5S/c1-24(2,3)30-23(28)25-20(22(27)29-16-18-10-6-4-7-11-18)14-15-21(26)31-17-19-12-8-5-9-13-19/h4-13,20H,14-17H2,1-3H3,(H,25,28). The molecule has 0 aliphatic rings. The third-order valence-electron chi connectivity index (χ3n) is 4.08. The Bertz CT molecular complexity index is 849. The topological polar surface area (TPSA) is 81.7 Å². The summed E-state index contributed by atoms with van der Waals surface area (Å²) in [6.45, 7) is 5.29. The number of thioether (sulfide) groups is 1. The van der Waals surface area contributed by atoms with Gasteiger partial charge in [0.15, 0.2) is 5.12 Å². The number of benzene rings is 2. The summed E-state index contributed by atoms with van der Waals surface area (Å²) in [5.74, 6) is -0.0435. The van der Waals surface area contributed by atoms with Crippen LogP contribution >= 0.6 is 11.8 Å². The molecule has 0 aromatic heterocycles. The number of hydrogen-bond donors (Lipinski definition) is 1. The summed E-state index contributed by atoms with van der Waals surface area (Å²) in [5.41, 5.74) is 1.18. The molecule has 0 saturated carbocycles. The Morgan fingerprint density at radius 1 is 0.935 bits per heavy atom. The predicted molar refractivity (Wildman–Crippen MR) is 121 cm³/mol. The van der Waals surface area contributed by atoms with E-state index in [2.05, 4.69) is 5.32 Å². The zero-order valence-corrected chi connectivity index (χ0v) is 18.9. The van der Waals surface area contributed by atoms with E-state index in [0.29, 0.717) is 5.75 Å². The van der Waals surface area contributed by atoms with E-state index in [0.717, 1.165) is 11.1 Å². The number of hydrogen-bond acceptors (Lipinski definition) is 6. The number of carbonyl (C=O) groups is 3. The molecule has 2 aromatic rings. The first-order valence-corrected chi connectivity index (χ1v) is 11.1. The second kappa shape index (κ2) is 12.2. The van der Waals surface area contributed by atoms with Gasteiger partial charge in [0.2, 0.25) is 0 Å². The van der Waals surface area contributed by atoms with Gasteiger partial charge in [0.25, 0.3) is 0 Å². The van der Waals surface area contributed by atoms with Crippen molar-refractivity contribution in [1.29, 1.82) is 0 Å². The zero-order valence-electron chi connectivity index (χ0n) is 18.1. The molecule has 31 heavy (non-hydrogen) atoms. The third-order valence-corrected chi connectivity index (χ3v) is 5.08. The van der Waals surface area contributed by atoms with E-state index < -0.39 is 23.7 Å². The fraction of sp³-hybridized carbons (Fsp3) is 0.375. The highest BCUT2D eigenvalue weighted by Gasteiger charge is 2.26. The Balaban J connectivity index is 1.91. The molecule has 1 amide bonds. The summed E-state index contributed by atoms with van der Waals surface area (Å²) < 4.78 is 10.6. The molecule has 2 aromatic carbocycles. The van der Waals surface area contributed by atoms with Crippen LogP contribution in [0.2, 0.25) is 0 Å². The highest BCUT2D eigenvalue weighted by molar-refractivity contribution is 8.12. The monoisotopic (exact) mass is 443 g/mol. The molecule has 0 radical (unpaired) electrons. The molecular formula is C24H29NO5S. The molecule has 0 fully saturated rings. The quantitative estimate of drug-likeness (QED) is 0.557. The lowest BCUT2D eigenvalue weighted by Gasteiger charge is -2.23. The second-order valence-electron chi connectivity index (χ2n) is 7.98. The van der Waals surface area contributed by atoms with Gasteiger partial charge in [-0.3, -0.25) is 4.79 Å². The fourth-order valence-corrected chi connectivity index (χ4v) is 3.38. The number of carbonyl (C=O) groups excluding carboxylic acids is 3. The Morgan fingerprint density at radius 2 is 1.52 bits per heavy atom. The Kier molecular flexibility index (Phi) is 9.59. The summed E-state index contributed by atoms with van der Waals surface area (Å²) >= 11 is 1.19. The number of amides is 1. The summed E-state index contributed by atoms with van der Waals surface area (Å²) in [7, 11) is 0. The highest BCUT2D eigenvalue weighted by atomic mass is 32.2. The van der Waals surface area contributed by atoms with Crippen LogP contribution < -0.4 is 5.32 Å². The Morgan fingerprint density at radius 3 is 2.10 bits per heavy atom. The first kappa shape index (κ1) is 24.5. The van der Waals surface area contributed by atoms with Crippen molar-refractivity contribution >= 4 is 28.9 Å². The second-order valence-corrected chi connectivity index (χ2v) is 9.01. The molecule has 166 valence electrons. The molecule has 0 aliphatic heterocycles. The molecule has 0 spiro atoms. The van der Waals surface area contributed by atoms with Crippen molar-refractivity contribution < 1.29 is 23.9 Å². The van der Waals surface area contributed by atoms with Gasteiger partial charge in [0.05, 0.1) is 0 Å². The maximum atomic E-state index is 12.6. The van der Waals surface area contributed by atoms with Gasteiger partial charge < -0.3 is 14.8 Å². The van der Waals surface area contributed by atoms with Crippen molar-refractivity contribution in [2.45, 2.75) is 57.6 Å².